The number of amides is 1. The number of carbonyl (C=O) groups excluding carboxylic acids is 2. The molecular formula is C26H27NO2. The first-order valence-corrected chi connectivity index (χ1v) is 9.88. The van der Waals surface area contributed by atoms with Crippen LogP contribution < -0.4 is 0 Å². The van der Waals surface area contributed by atoms with E-state index in [-0.39, 0.29) is 11.7 Å². The molecule has 3 rings (SSSR count). The fourth-order valence-electron chi connectivity index (χ4n) is 3.47. The number of benzene rings is 3. The summed E-state index contributed by atoms with van der Waals surface area (Å²) in [5.41, 5.74) is 4.69. The number of hydrogen-bond acceptors (Lipinski definition) is 2. The van der Waals surface area contributed by atoms with Crippen LogP contribution in [0.25, 0.3) is 0 Å². The molecule has 3 nitrogen and oxygen atoms in total. The Labute approximate surface area is 173 Å². The molecule has 0 aliphatic carbocycles. The van der Waals surface area contributed by atoms with Crippen molar-refractivity contribution in [1.82, 2.24) is 4.90 Å². The Morgan fingerprint density at radius 3 is 1.76 bits per heavy atom. The first-order valence-electron chi connectivity index (χ1n) is 9.88. The van der Waals surface area contributed by atoms with Crippen LogP contribution in [-0.2, 0) is 4.79 Å². The predicted octanol–water partition coefficient (Wildman–Crippen LogP) is 5.17. The van der Waals surface area contributed by atoms with Crippen molar-refractivity contribution in [1.29, 1.82) is 0 Å². The number of rotatable bonds is 6. The number of aryl methyl sites for hydroxylation is 2. The van der Waals surface area contributed by atoms with E-state index in [4.69, 9.17) is 0 Å². The van der Waals surface area contributed by atoms with Crippen molar-refractivity contribution >= 4 is 11.7 Å². The highest BCUT2D eigenvalue weighted by molar-refractivity contribution is 6.02. The third kappa shape index (κ3) is 4.45. The lowest BCUT2D eigenvalue weighted by atomic mass is 9.89. The normalized spacial score (nSPS) is 11.9. The van der Waals surface area contributed by atoms with Gasteiger partial charge in [-0.3, -0.25) is 9.59 Å². The lowest BCUT2D eigenvalue weighted by Gasteiger charge is -2.29. The third-order valence-electron chi connectivity index (χ3n) is 5.61. The second-order valence-electron chi connectivity index (χ2n) is 7.54. The summed E-state index contributed by atoms with van der Waals surface area (Å²) in [6.07, 6.45) is 0. The van der Waals surface area contributed by atoms with Crippen molar-refractivity contribution in [3.05, 3.63) is 107 Å². The van der Waals surface area contributed by atoms with Gasteiger partial charge >= 0.3 is 0 Å². The van der Waals surface area contributed by atoms with E-state index in [1.807, 2.05) is 92.7 Å². The molecule has 1 unspecified atom stereocenters. The highest BCUT2D eigenvalue weighted by atomic mass is 16.2. The van der Waals surface area contributed by atoms with Crippen LogP contribution in [0.2, 0.25) is 0 Å². The summed E-state index contributed by atoms with van der Waals surface area (Å²) in [7, 11) is 1.71. The minimum Gasteiger partial charge on any atom is -0.335 e. The third-order valence-corrected chi connectivity index (χ3v) is 5.61. The van der Waals surface area contributed by atoms with Crippen LogP contribution in [0.1, 0.15) is 45.5 Å². The molecule has 1 atom stereocenters. The molecule has 0 spiro atoms. The molecule has 0 aliphatic rings. The molecule has 1 amide bonds. The van der Waals surface area contributed by atoms with E-state index < -0.39 is 12.0 Å². The van der Waals surface area contributed by atoms with Gasteiger partial charge in [-0.2, -0.15) is 0 Å². The molecule has 0 saturated carbocycles. The van der Waals surface area contributed by atoms with E-state index in [0.29, 0.717) is 5.56 Å². The van der Waals surface area contributed by atoms with Crippen molar-refractivity contribution < 1.29 is 9.59 Å². The van der Waals surface area contributed by atoms with Gasteiger partial charge in [0.2, 0.25) is 5.91 Å². The quantitative estimate of drug-likeness (QED) is 0.549. The molecule has 0 aliphatic heterocycles. The number of carbonyl (C=O) groups is 2. The smallest absolute Gasteiger partial charge is 0.234 e. The minimum absolute atomic E-state index is 0.0520. The van der Waals surface area contributed by atoms with Crippen molar-refractivity contribution in [2.24, 2.45) is 0 Å². The van der Waals surface area contributed by atoms with E-state index >= 15 is 0 Å². The van der Waals surface area contributed by atoms with E-state index in [1.54, 1.807) is 18.9 Å². The zero-order valence-corrected chi connectivity index (χ0v) is 17.4. The molecule has 148 valence electrons. The van der Waals surface area contributed by atoms with Crippen LogP contribution in [0.5, 0.6) is 0 Å². The Balaban J connectivity index is 1.90. The average Bonchev–Trinajstić information content (AvgIpc) is 2.75. The van der Waals surface area contributed by atoms with Gasteiger partial charge in [0.15, 0.2) is 5.78 Å². The number of ketones is 1. The largest absolute Gasteiger partial charge is 0.335 e. The molecule has 0 fully saturated rings. The highest BCUT2D eigenvalue weighted by Crippen LogP contribution is 2.27. The van der Waals surface area contributed by atoms with Crippen molar-refractivity contribution in [3.63, 3.8) is 0 Å². The number of hydrogen-bond donors (Lipinski definition) is 0. The van der Waals surface area contributed by atoms with Crippen LogP contribution in [-0.4, -0.2) is 29.7 Å². The van der Waals surface area contributed by atoms with Crippen molar-refractivity contribution in [3.8, 4) is 0 Å². The standard InChI is InChI=1S/C26H27NO2/c1-18-15-16-23(17-19(18)2)25(28)20(3)27(4)26(29)24(21-11-7-5-8-12-21)22-13-9-6-10-14-22/h5-17,20,24H,1-4H3. The second-order valence-corrected chi connectivity index (χ2v) is 7.54. The molecule has 29 heavy (non-hydrogen) atoms. The number of nitrogens with zero attached hydrogens (tertiary/aromatic N) is 1. The van der Waals surface area contributed by atoms with Gasteiger partial charge in [-0.15, -0.1) is 0 Å². The van der Waals surface area contributed by atoms with Crippen LogP contribution in [0.4, 0.5) is 0 Å². The summed E-state index contributed by atoms with van der Waals surface area (Å²) in [5.74, 6) is -0.590. The zero-order chi connectivity index (χ0) is 21.0. The Bertz CT molecular complexity index is 956. The maximum atomic E-state index is 13.5. The molecule has 0 aromatic heterocycles. The molecular weight excluding hydrogens is 358 g/mol. The van der Waals surface area contributed by atoms with Crippen LogP contribution >= 0.6 is 0 Å². The van der Waals surface area contributed by atoms with Gasteiger partial charge < -0.3 is 4.90 Å². The molecule has 0 heterocycles. The Morgan fingerprint density at radius 1 is 0.759 bits per heavy atom. The van der Waals surface area contributed by atoms with E-state index in [0.717, 1.165) is 22.3 Å². The van der Waals surface area contributed by atoms with Gasteiger partial charge in [-0.25, -0.2) is 0 Å². The Kier molecular flexibility index (Phi) is 6.28. The van der Waals surface area contributed by atoms with Gasteiger partial charge in [0.05, 0.1) is 12.0 Å². The topological polar surface area (TPSA) is 37.4 Å². The summed E-state index contributed by atoms with van der Waals surface area (Å²) in [4.78, 5) is 28.1. The summed E-state index contributed by atoms with van der Waals surface area (Å²) >= 11 is 0. The first kappa shape index (κ1) is 20.5. The van der Waals surface area contributed by atoms with Crippen molar-refractivity contribution in [2.45, 2.75) is 32.7 Å². The van der Waals surface area contributed by atoms with Crippen LogP contribution in [0.15, 0.2) is 78.9 Å². The summed E-state index contributed by atoms with van der Waals surface area (Å²) in [5, 5.41) is 0. The predicted molar refractivity (Wildman–Crippen MR) is 117 cm³/mol. The first-order chi connectivity index (χ1) is 13.9. The van der Waals surface area contributed by atoms with Gasteiger partial charge in [-0.1, -0.05) is 72.8 Å². The summed E-state index contributed by atoms with van der Waals surface area (Å²) < 4.78 is 0. The van der Waals surface area contributed by atoms with Gasteiger partial charge in [-0.05, 0) is 49.1 Å². The zero-order valence-electron chi connectivity index (χ0n) is 17.4. The fraction of sp³-hybridized carbons (Fsp3) is 0.231. The maximum Gasteiger partial charge on any atom is 0.234 e. The van der Waals surface area contributed by atoms with Gasteiger partial charge in [0.25, 0.3) is 0 Å². The van der Waals surface area contributed by atoms with Crippen LogP contribution in [0.3, 0.4) is 0 Å². The van der Waals surface area contributed by atoms with Crippen molar-refractivity contribution in [2.75, 3.05) is 7.05 Å². The van der Waals surface area contributed by atoms with Crippen LogP contribution in [0, 0.1) is 13.8 Å². The number of Topliss-reactive ketones (excluding diaryl/α,β-unsaturated/α-hetero) is 1. The van der Waals surface area contributed by atoms with E-state index in [1.165, 1.54) is 0 Å². The van der Waals surface area contributed by atoms with Gasteiger partial charge in [0.1, 0.15) is 0 Å². The lowest BCUT2D eigenvalue weighted by Crippen LogP contribution is -2.43. The second kappa shape index (κ2) is 8.87. The van der Waals surface area contributed by atoms with E-state index in [2.05, 4.69) is 0 Å². The minimum atomic E-state index is -0.556. The highest BCUT2D eigenvalue weighted by Gasteiger charge is 2.31. The summed E-state index contributed by atoms with van der Waals surface area (Å²) in [6, 6.07) is 24.6. The average molecular weight is 386 g/mol. The SMILES string of the molecule is Cc1ccc(C(=O)C(C)N(C)C(=O)C(c2ccccc2)c2ccccc2)cc1C. The number of likely N-dealkylation sites (N-methyl/N-ethyl adjacent to an activating group) is 1. The van der Waals surface area contributed by atoms with E-state index in [9.17, 15) is 9.59 Å². The fourth-order valence-corrected chi connectivity index (χ4v) is 3.47. The molecule has 3 heteroatoms. The Morgan fingerprint density at radius 2 is 1.28 bits per heavy atom. The summed E-state index contributed by atoms with van der Waals surface area (Å²) in [6.45, 7) is 5.81. The molecule has 3 aromatic carbocycles. The lowest BCUT2D eigenvalue weighted by molar-refractivity contribution is -0.131. The maximum absolute atomic E-state index is 13.5. The monoisotopic (exact) mass is 385 g/mol. The molecule has 0 N–H and O–H groups in total. The van der Waals surface area contributed by atoms with Gasteiger partial charge in [0, 0.05) is 12.6 Å². The molecule has 0 radical (unpaired) electrons. The molecule has 0 saturated heterocycles. The molecule has 0 bridgehead atoms. The molecule has 3 aromatic rings. The Hall–Kier alpha value is -3.20.